The van der Waals surface area contributed by atoms with Crippen molar-refractivity contribution in [3.63, 3.8) is 0 Å². The number of rotatable bonds is 4. The molecule has 4 aromatic carbocycles. The number of para-hydroxylation sites is 1. The Balaban J connectivity index is 1.50. The van der Waals surface area contributed by atoms with Crippen LogP contribution in [0, 0.1) is 11.6 Å². The predicted octanol–water partition coefficient (Wildman–Crippen LogP) is 6.17. The van der Waals surface area contributed by atoms with E-state index in [0.29, 0.717) is 21.8 Å². The van der Waals surface area contributed by atoms with E-state index < -0.39 is 34.4 Å². The van der Waals surface area contributed by atoms with Crippen molar-refractivity contribution in [2.24, 2.45) is 0 Å². The first-order valence-electron chi connectivity index (χ1n) is 12.8. The van der Waals surface area contributed by atoms with E-state index in [1.165, 1.54) is 40.1 Å². The summed E-state index contributed by atoms with van der Waals surface area (Å²) in [5.74, 6) is -2.61. The molecule has 0 aliphatic carbocycles. The Morgan fingerprint density at radius 2 is 1.44 bits per heavy atom. The third-order valence-electron chi connectivity index (χ3n) is 7.71. The molecule has 0 radical (unpaired) electrons. The maximum absolute atomic E-state index is 14.8. The van der Waals surface area contributed by atoms with E-state index in [1.54, 1.807) is 48.5 Å². The number of anilines is 1. The SMILES string of the molecule is O=C1c2oc3ccc(F)cc3c(=O)c2C2(C(=O)N(Cc3ccc(Cl)cc3)c3ccccc32)N1Cc1ccc(F)cc1. The van der Waals surface area contributed by atoms with E-state index in [2.05, 4.69) is 0 Å². The van der Waals surface area contributed by atoms with Gasteiger partial charge in [-0.2, -0.15) is 0 Å². The van der Waals surface area contributed by atoms with Gasteiger partial charge < -0.3 is 14.2 Å². The van der Waals surface area contributed by atoms with Crippen molar-refractivity contribution in [1.82, 2.24) is 4.90 Å². The van der Waals surface area contributed by atoms with E-state index in [-0.39, 0.29) is 35.4 Å². The van der Waals surface area contributed by atoms with Crippen molar-refractivity contribution in [3.05, 3.63) is 146 Å². The molecular formula is C32H19ClF2N2O4. The molecule has 6 nitrogen and oxygen atoms in total. The van der Waals surface area contributed by atoms with Gasteiger partial charge in [-0.1, -0.05) is 54.1 Å². The monoisotopic (exact) mass is 568 g/mol. The van der Waals surface area contributed by atoms with Crippen molar-refractivity contribution in [2.45, 2.75) is 18.6 Å². The molecule has 0 N–H and O–H groups in total. The second kappa shape index (κ2) is 9.11. The van der Waals surface area contributed by atoms with Gasteiger partial charge in [0, 0.05) is 17.1 Å². The molecule has 5 aromatic rings. The van der Waals surface area contributed by atoms with Crippen LogP contribution in [0.15, 0.2) is 100 Å². The van der Waals surface area contributed by atoms with E-state index in [1.807, 2.05) is 0 Å². The number of hydrogen-bond donors (Lipinski definition) is 0. The standard InChI is InChI=1S/C32H19ClF2N2O4/c33-20-9-5-18(6-10-20)16-36-25-4-2-1-3-24(25)32(31(36)40)27-28(38)23-15-22(35)13-14-26(23)41-29(27)30(39)37(32)17-19-7-11-21(34)12-8-19/h1-15H,16-17H2. The zero-order valence-electron chi connectivity index (χ0n) is 21.2. The molecule has 1 unspecified atom stereocenters. The van der Waals surface area contributed by atoms with Crippen molar-refractivity contribution in [1.29, 1.82) is 0 Å². The van der Waals surface area contributed by atoms with Crippen molar-refractivity contribution >= 4 is 40.1 Å². The smallest absolute Gasteiger partial charge is 0.291 e. The van der Waals surface area contributed by atoms with Crippen molar-refractivity contribution < 1.29 is 22.8 Å². The minimum atomic E-state index is -1.90. The first-order chi connectivity index (χ1) is 19.8. The van der Waals surface area contributed by atoms with Gasteiger partial charge in [-0.05, 0) is 59.7 Å². The maximum Gasteiger partial charge on any atom is 0.291 e. The normalized spacial score (nSPS) is 17.5. The molecule has 0 saturated carbocycles. The Morgan fingerprint density at radius 1 is 0.780 bits per heavy atom. The molecule has 2 aliphatic heterocycles. The highest BCUT2D eigenvalue weighted by molar-refractivity contribution is 6.30. The summed E-state index contributed by atoms with van der Waals surface area (Å²) in [4.78, 5) is 45.8. The van der Waals surface area contributed by atoms with Crippen LogP contribution in [0.2, 0.25) is 5.02 Å². The van der Waals surface area contributed by atoms with Gasteiger partial charge in [0.15, 0.2) is 11.0 Å². The van der Waals surface area contributed by atoms with Crippen LogP contribution in [0.4, 0.5) is 14.5 Å². The van der Waals surface area contributed by atoms with Crippen LogP contribution >= 0.6 is 11.6 Å². The first-order valence-corrected chi connectivity index (χ1v) is 13.2. The molecule has 9 heteroatoms. The molecule has 2 amide bonds. The summed E-state index contributed by atoms with van der Waals surface area (Å²) >= 11 is 6.07. The molecule has 0 bridgehead atoms. The molecule has 3 heterocycles. The van der Waals surface area contributed by atoms with Crippen LogP contribution in [0.3, 0.4) is 0 Å². The lowest BCUT2D eigenvalue weighted by atomic mass is 9.83. The Bertz CT molecular complexity index is 1960. The average molecular weight is 569 g/mol. The quantitative estimate of drug-likeness (QED) is 0.260. The summed E-state index contributed by atoms with van der Waals surface area (Å²) in [6, 6.07) is 22.9. The molecule has 7 rings (SSSR count). The van der Waals surface area contributed by atoms with Crippen LogP contribution < -0.4 is 10.3 Å². The average Bonchev–Trinajstić information content (AvgIpc) is 3.36. The lowest BCUT2D eigenvalue weighted by Gasteiger charge is -2.34. The van der Waals surface area contributed by atoms with Crippen LogP contribution in [-0.4, -0.2) is 16.7 Å². The van der Waals surface area contributed by atoms with E-state index in [9.17, 15) is 23.2 Å². The highest BCUT2D eigenvalue weighted by atomic mass is 35.5. The lowest BCUT2D eigenvalue weighted by Crippen LogP contribution is -2.52. The zero-order valence-corrected chi connectivity index (χ0v) is 22.0. The minimum absolute atomic E-state index is 0.0269. The summed E-state index contributed by atoms with van der Waals surface area (Å²) < 4.78 is 34.0. The zero-order chi connectivity index (χ0) is 28.5. The highest BCUT2D eigenvalue weighted by Gasteiger charge is 2.65. The highest BCUT2D eigenvalue weighted by Crippen LogP contribution is 2.53. The molecule has 1 aromatic heterocycles. The number of amides is 2. The van der Waals surface area contributed by atoms with Crippen LogP contribution in [0.25, 0.3) is 11.0 Å². The van der Waals surface area contributed by atoms with Gasteiger partial charge in [0.2, 0.25) is 5.76 Å². The third kappa shape index (κ3) is 3.64. The number of carbonyl (C=O) groups is 2. The second-order valence-corrected chi connectivity index (χ2v) is 10.5. The summed E-state index contributed by atoms with van der Waals surface area (Å²) in [5, 5.41) is 0.455. The van der Waals surface area contributed by atoms with Crippen LogP contribution in [-0.2, 0) is 23.4 Å². The number of hydrogen-bond acceptors (Lipinski definition) is 4. The molecule has 0 saturated heterocycles. The third-order valence-corrected chi connectivity index (χ3v) is 7.96. The molecule has 2 aliphatic rings. The topological polar surface area (TPSA) is 70.8 Å². The second-order valence-electron chi connectivity index (χ2n) is 10.0. The van der Waals surface area contributed by atoms with Gasteiger partial charge >= 0.3 is 0 Å². The molecule has 1 atom stereocenters. The van der Waals surface area contributed by atoms with Gasteiger partial charge in [-0.25, -0.2) is 8.78 Å². The molecule has 41 heavy (non-hydrogen) atoms. The van der Waals surface area contributed by atoms with E-state index >= 15 is 0 Å². The largest absolute Gasteiger partial charge is 0.450 e. The number of benzene rings is 4. The van der Waals surface area contributed by atoms with Crippen molar-refractivity contribution in [3.8, 4) is 0 Å². The van der Waals surface area contributed by atoms with Gasteiger partial charge in [-0.3, -0.25) is 14.4 Å². The first kappa shape index (κ1) is 25.2. The fourth-order valence-corrected chi connectivity index (χ4v) is 6.01. The van der Waals surface area contributed by atoms with E-state index in [0.717, 1.165) is 17.7 Å². The van der Waals surface area contributed by atoms with Gasteiger partial charge in [0.1, 0.15) is 17.2 Å². The van der Waals surface area contributed by atoms with Gasteiger partial charge in [0.05, 0.1) is 23.2 Å². The summed E-state index contributed by atoms with van der Waals surface area (Å²) in [5.41, 5.74) is -0.476. The Hall–Kier alpha value is -4.82. The van der Waals surface area contributed by atoms with Gasteiger partial charge in [0.25, 0.3) is 11.8 Å². The molecular weight excluding hydrogens is 550 g/mol. The van der Waals surface area contributed by atoms with Gasteiger partial charge in [-0.15, -0.1) is 0 Å². The van der Waals surface area contributed by atoms with Crippen LogP contribution in [0.1, 0.15) is 32.8 Å². The fraction of sp³-hybridized carbons (Fsp3) is 0.0938. The lowest BCUT2D eigenvalue weighted by molar-refractivity contribution is -0.126. The van der Waals surface area contributed by atoms with Crippen LogP contribution in [0.5, 0.6) is 0 Å². The Kier molecular flexibility index (Phi) is 5.59. The van der Waals surface area contributed by atoms with Crippen molar-refractivity contribution in [2.75, 3.05) is 4.90 Å². The summed E-state index contributed by atoms with van der Waals surface area (Å²) in [6.07, 6.45) is 0. The Morgan fingerprint density at radius 3 is 2.20 bits per heavy atom. The number of fused-ring (bicyclic) bond motifs is 5. The molecule has 1 spiro atoms. The maximum atomic E-state index is 14.8. The number of carbonyl (C=O) groups excluding carboxylic acids is 2. The predicted molar refractivity (Wildman–Crippen MR) is 149 cm³/mol. The number of nitrogens with zero attached hydrogens (tertiary/aromatic N) is 2. The molecule has 202 valence electrons. The number of halogens is 3. The molecule has 0 fully saturated rings. The minimum Gasteiger partial charge on any atom is -0.450 e. The van der Waals surface area contributed by atoms with E-state index in [4.69, 9.17) is 16.0 Å². The summed E-state index contributed by atoms with van der Waals surface area (Å²) in [6.45, 7) is 0.0124. The summed E-state index contributed by atoms with van der Waals surface area (Å²) in [7, 11) is 0. The Labute approximate surface area is 237 Å². The fourth-order valence-electron chi connectivity index (χ4n) is 5.89.